The molecule has 0 saturated carbocycles. The molecule has 0 aliphatic rings. The van der Waals surface area contributed by atoms with Crippen molar-refractivity contribution in [2.24, 2.45) is 11.7 Å². The molecular formula is C14H21ClF2N2O2. The lowest BCUT2D eigenvalue weighted by atomic mass is 10.1. The van der Waals surface area contributed by atoms with Gasteiger partial charge in [0.05, 0.1) is 0 Å². The van der Waals surface area contributed by atoms with Crippen LogP contribution in [0.3, 0.4) is 0 Å². The number of carbonyl (C=O) groups is 1. The van der Waals surface area contributed by atoms with Gasteiger partial charge in [0.15, 0.2) is 0 Å². The second kappa shape index (κ2) is 10.3. The van der Waals surface area contributed by atoms with Gasteiger partial charge in [-0.15, -0.1) is 12.4 Å². The van der Waals surface area contributed by atoms with Crippen molar-refractivity contribution in [2.45, 2.75) is 26.4 Å². The van der Waals surface area contributed by atoms with Crippen molar-refractivity contribution in [3.8, 4) is 5.75 Å². The van der Waals surface area contributed by atoms with Gasteiger partial charge in [-0.1, -0.05) is 19.1 Å². The van der Waals surface area contributed by atoms with Crippen molar-refractivity contribution in [2.75, 3.05) is 13.1 Å². The number of carbonyl (C=O) groups excluding carboxylic acids is 1. The van der Waals surface area contributed by atoms with Crippen LogP contribution in [0.2, 0.25) is 0 Å². The van der Waals surface area contributed by atoms with Crippen molar-refractivity contribution in [1.29, 1.82) is 0 Å². The summed E-state index contributed by atoms with van der Waals surface area (Å²) in [5.74, 6) is 0.327. The molecule has 1 rings (SSSR count). The second-order valence-electron chi connectivity index (χ2n) is 4.67. The van der Waals surface area contributed by atoms with Crippen LogP contribution in [0.1, 0.15) is 18.9 Å². The van der Waals surface area contributed by atoms with E-state index in [0.29, 0.717) is 25.9 Å². The van der Waals surface area contributed by atoms with E-state index in [4.69, 9.17) is 5.73 Å². The van der Waals surface area contributed by atoms with Gasteiger partial charge in [-0.2, -0.15) is 8.78 Å². The SMILES string of the molecule is CC(CN)CNC(=O)CCc1ccc(OC(F)F)cc1.Cl. The molecule has 3 N–H and O–H groups in total. The number of hydrogen-bond donors (Lipinski definition) is 2. The van der Waals surface area contributed by atoms with Crippen LogP contribution in [0.25, 0.3) is 0 Å². The highest BCUT2D eigenvalue weighted by Crippen LogP contribution is 2.15. The summed E-state index contributed by atoms with van der Waals surface area (Å²) in [5, 5.41) is 2.80. The van der Waals surface area contributed by atoms with Crippen LogP contribution in [-0.2, 0) is 11.2 Å². The number of nitrogens with two attached hydrogens (primary N) is 1. The van der Waals surface area contributed by atoms with Gasteiger partial charge in [0.25, 0.3) is 0 Å². The van der Waals surface area contributed by atoms with E-state index < -0.39 is 6.61 Å². The van der Waals surface area contributed by atoms with E-state index >= 15 is 0 Å². The highest BCUT2D eigenvalue weighted by molar-refractivity contribution is 5.85. The molecule has 21 heavy (non-hydrogen) atoms. The maximum atomic E-state index is 12.0. The largest absolute Gasteiger partial charge is 0.435 e. The van der Waals surface area contributed by atoms with E-state index in [1.807, 2.05) is 6.92 Å². The molecule has 0 heterocycles. The van der Waals surface area contributed by atoms with Crippen LogP contribution >= 0.6 is 12.4 Å². The fourth-order valence-corrected chi connectivity index (χ4v) is 1.56. The van der Waals surface area contributed by atoms with Gasteiger partial charge in [-0.3, -0.25) is 4.79 Å². The Morgan fingerprint density at radius 1 is 1.33 bits per heavy atom. The summed E-state index contributed by atoms with van der Waals surface area (Å²) in [6.07, 6.45) is 0.907. The van der Waals surface area contributed by atoms with Crippen LogP contribution < -0.4 is 15.8 Å². The van der Waals surface area contributed by atoms with Crippen LogP contribution in [0.4, 0.5) is 8.78 Å². The minimum Gasteiger partial charge on any atom is -0.435 e. The summed E-state index contributed by atoms with van der Waals surface area (Å²) < 4.78 is 28.2. The third kappa shape index (κ3) is 8.47. The molecule has 1 unspecified atom stereocenters. The normalized spacial score (nSPS) is 11.7. The molecule has 0 radical (unpaired) electrons. The standard InChI is InChI=1S/C14H20F2N2O2.ClH/c1-10(8-17)9-18-13(19)7-4-11-2-5-12(6-3-11)20-14(15)16;/h2-3,5-6,10,14H,4,7-9,17H2,1H3,(H,18,19);1H. The average Bonchev–Trinajstić information content (AvgIpc) is 2.43. The predicted molar refractivity (Wildman–Crippen MR) is 79.9 cm³/mol. The maximum Gasteiger partial charge on any atom is 0.387 e. The molecule has 1 aromatic rings. The number of amides is 1. The van der Waals surface area contributed by atoms with Crippen molar-refractivity contribution in [1.82, 2.24) is 5.32 Å². The zero-order valence-corrected chi connectivity index (χ0v) is 12.7. The third-order valence-corrected chi connectivity index (χ3v) is 2.84. The summed E-state index contributed by atoms with van der Waals surface area (Å²) in [6, 6.07) is 6.28. The Morgan fingerprint density at radius 2 is 1.95 bits per heavy atom. The summed E-state index contributed by atoms with van der Waals surface area (Å²) >= 11 is 0. The van der Waals surface area contributed by atoms with E-state index in [2.05, 4.69) is 10.1 Å². The average molecular weight is 323 g/mol. The van der Waals surface area contributed by atoms with Gasteiger partial charge in [0.1, 0.15) is 5.75 Å². The van der Waals surface area contributed by atoms with E-state index in [-0.39, 0.29) is 30.0 Å². The zero-order valence-electron chi connectivity index (χ0n) is 11.9. The number of alkyl halides is 2. The lowest BCUT2D eigenvalue weighted by molar-refractivity contribution is -0.121. The molecule has 0 spiro atoms. The Bertz CT molecular complexity index is 416. The van der Waals surface area contributed by atoms with E-state index in [9.17, 15) is 13.6 Å². The lowest BCUT2D eigenvalue weighted by Gasteiger charge is -2.10. The lowest BCUT2D eigenvalue weighted by Crippen LogP contribution is -2.31. The fraction of sp³-hybridized carbons (Fsp3) is 0.500. The minimum absolute atomic E-state index is 0. The highest BCUT2D eigenvalue weighted by Gasteiger charge is 2.06. The fourth-order valence-electron chi connectivity index (χ4n) is 1.56. The molecular weight excluding hydrogens is 302 g/mol. The molecule has 1 amide bonds. The van der Waals surface area contributed by atoms with E-state index in [1.54, 1.807) is 12.1 Å². The maximum absolute atomic E-state index is 12.0. The van der Waals surface area contributed by atoms with Crippen molar-refractivity contribution in [3.05, 3.63) is 29.8 Å². The molecule has 120 valence electrons. The van der Waals surface area contributed by atoms with Gasteiger partial charge in [0, 0.05) is 13.0 Å². The van der Waals surface area contributed by atoms with Crippen molar-refractivity contribution >= 4 is 18.3 Å². The molecule has 0 aliphatic carbocycles. The van der Waals surface area contributed by atoms with Gasteiger partial charge in [-0.25, -0.2) is 0 Å². The van der Waals surface area contributed by atoms with E-state index in [1.165, 1.54) is 12.1 Å². The first-order valence-electron chi connectivity index (χ1n) is 6.51. The first-order chi connectivity index (χ1) is 9.51. The summed E-state index contributed by atoms with van der Waals surface area (Å²) in [4.78, 5) is 11.6. The Labute approximate surface area is 129 Å². The van der Waals surface area contributed by atoms with Crippen LogP contribution in [0.5, 0.6) is 5.75 Å². The number of benzene rings is 1. The van der Waals surface area contributed by atoms with Crippen LogP contribution in [0.15, 0.2) is 24.3 Å². The third-order valence-electron chi connectivity index (χ3n) is 2.84. The number of rotatable bonds is 8. The number of aryl methyl sites for hydroxylation is 1. The minimum atomic E-state index is -2.82. The number of nitrogens with one attached hydrogen (secondary N) is 1. The van der Waals surface area contributed by atoms with Gasteiger partial charge < -0.3 is 15.8 Å². The van der Waals surface area contributed by atoms with Gasteiger partial charge >= 0.3 is 6.61 Å². The van der Waals surface area contributed by atoms with Gasteiger partial charge in [0.2, 0.25) is 5.91 Å². The summed E-state index contributed by atoms with van der Waals surface area (Å²) in [5.41, 5.74) is 6.35. The number of ether oxygens (including phenoxy) is 1. The summed E-state index contributed by atoms with van der Waals surface area (Å²) in [6.45, 7) is 0.237. The first kappa shape index (κ1) is 19.6. The van der Waals surface area contributed by atoms with E-state index in [0.717, 1.165) is 5.56 Å². The van der Waals surface area contributed by atoms with Crippen LogP contribution in [0, 0.1) is 5.92 Å². The Hall–Kier alpha value is -1.40. The van der Waals surface area contributed by atoms with Gasteiger partial charge in [-0.05, 0) is 36.6 Å². The van der Waals surface area contributed by atoms with Crippen molar-refractivity contribution in [3.63, 3.8) is 0 Å². The molecule has 0 saturated heterocycles. The second-order valence-corrected chi connectivity index (χ2v) is 4.67. The number of hydrogen-bond acceptors (Lipinski definition) is 3. The predicted octanol–water partition coefficient (Wildman–Crippen LogP) is 2.35. The smallest absolute Gasteiger partial charge is 0.387 e. The Kier molecular flexibility index (Phi) is 9.65. The summed E-state index contributed by atoms with van der Waals surface area (Å²) in [7, 11) is 0. The quantitative estimate of drug-likeness (QED) is 0.772. The Morgan fingerprint density at radius 3 is 2.48 bits per heavy atom. The monoisotopic (exact) mass is 322 g/mol. The molecule has 0 bridgehead atoms. The number of halogens is 3. The topological polar surface area (TPSA) is 64.3 Å². The zero-order chi connectivity index (χ0) is 15.0. The molecule has 0 aromatic heterocycles. The Balaban J connectivity index is 0.00000400. The molecule has 0 fully saturated rings. The highest BCUT2D eigenvalue weighted by atomic mass is 35.5. The molecule has 7 heteroatoms. The molecule has 1 atom stereocenters. The molecule has 4 nitrogen and oxygen atoms in total. The van der Waals surface area contributed by atoms with Crippen molar-refractivity contribution < 1.29 is 18.3 Å². The first-order valence-corrected chi connectivity index (χ1v) is 6.51. The molecule has 1 aromatic carbocycles. The van der Waals surface area contributed by atoms with Crippen LogP contribution in [-0.4, -0.2) is 25.6 Å². The molecule has 0 aliphatic heterocycles.